The highest BCUT2D eigenvalue weighted by atomic mass is 16.6. The molecule has 0 radical (unpaired) electrons. The van der Waals surface area contributed by atoms with Gasteiger partial charge in [-0.1, -0.05) is 6.92 Å². The molecule has 1 fully saturated rings. The lowest BCUT2D eigenvalue weighted by atomic mass is 10.1. The number of nitrogens with one attached hydrogen (secondary N) is 1. The monoisotopic (exact) mass is 319 g/mol. The van der Waals surface area contributed by atoms with Crippen LogP contribution in [0.4, 0.5) is 0 Å². The number of Topliss-reactive ketones (excluding diaryl/α,β-unsaturated/α-hetero) is 1. The molecule has 0 heterocycles. The summed E-state index contributed by atoms with van der Waals surface area (Å²) < 4.78 is 10.3. The van der Waals surface area contributed by atoms with E-state index in [2.05, 4.69) is 5.32 Å². The van der Waals surface area contributed by atoms with Gasteiger partial charge in [-0.15, -0.1) is 0 Å². The van der Waals surface area contributed by atoms with Crippen LogP contribution in [0.2, 0.25) is 0 Å². The first kappa shape index (κ1) is 17.0. The Labute approximate surface area is 135 Å². The molecule has 0 bridgehead atoms. The van der Waals surface area contributed by atoms with Crippen molar-refractivity contribution in [3.63, 3.8) is 0 Å². The number of hydrogen-bond donors (Lipinski definition) is 1. The van der Waals surface area contributed by atoms with Crippen molar-refractivity contribution in [3.05, 3.63) is 29.8 Å². The molecule has 1 N–H and O–H groups in total. The van der Waals surface area contributed by atoms with Crippen molar-refractivity contribution in [2.75, 3.05) is 6.61 Å². The molecule has 1 aliphatic rings. The van der Waals surface area contributed by atoms with E-state index in [4.69, 9.17) is 9.47 Å². The smallest absolute Gasteiger partial charge is 0.344 e. The molecule has 1 aliphatic carbocycles. The zero-order valence-electron chi connectivity index (χ0n) is 13.3. The van der Waals surface area contributed by atoms with Gasteiger partial charge in [0.25, 0.3) is 5.91 Å². The standard InChI is InChI=1S/C17H21NO5/c1-3-15(19)12-4-8-14(9-5-12)22-10-16(20)23-11(2)17(21)18-13-6-7-13/h4-5,8-9,11,13H,3,6-7,10H2,1-2H3,(H,18,21)/t11-/m0/s1. The van der Waals surface area contributed by atoms with Gasteiger partial charge < -0.3 is 14.8 Å². The van der Waals surface area contributed by atoms with Gasteiger partial charge in [0.2, 0.25) is 0 Å². The second-order valence-electron chi connectivity index (χ2n) is 5.50. The summed E-state index contributed by atoms with van der Waals surface area (Å²) in [7, 11) is 0. The first-order valence-corrected chi connectivity index (χ1v) is 7.75. The molecule has 6 heteroatoms. The van der Waals surface area contributed by atoms with Crippen molar-refractivity contribution < 1.29 is 23.9 Å². The second kappa shape index (κ2) is 7.76. The van der Waals surface area contributed by atoms with Gasteiger partial charge in [0.05, 0.1) is 0 Å². The molecule has 1 saturated carbocycles. The fourth-order valence-corrected chi connectivity index (χ4v) is 1.91. The largest absolute Gasteiger partial charge is 0.482 e. The highest BCUT2D eigenvalue weighted by Crippen LogP contribution is 2.19. The van der Waals surface area contributed by atoms with Crippen molar-refractivity contribution in [2.24, 2.45) is 0 Å². The average Bonchev–Trinajstić information content (AvgIpc) is 3.36. The quantitative estimate of drug-likeness (QED) is 0.584. The Balaban J connectivity index is 1.74. The third kappa shape index (κ3) is 5.39. The van der Waals surface area contributed by atoms with Crippen LogP contribution in [0.1, 0.15) is 43.5 Å². The summed E-state index contributed by atoms with van der Waals surface area (Å²) in [4.78, 5) is 34.8. The van der Waals surface area contributed by atoms with Gasteiger partial charge >= 0.3 is 5.97 Å². The molecule has 124 valence electrons. The SMILES string of the molecule is CCC(=O)c1ccc(OCC(=O)O[C@@H](C)C(=O)NC2CC2)cc1. The number of ketones is 1. The maximum atomic E-state index is 11.7. The average molecular weight is 319 g/mol. The van der Waals surface area contributed by atoms with E-state index in [-0.39, 0.29) is 24.3 Å². The highest BCUT2D eigenvalue weighted by Gasteiger charge is 2.27. The molecule has 1 aromatic rings. The molecule has 2 rings (SSSR count). The Bertz CT molecular complexity index is 577. The van der Waals surface area contributed by atoms with Crippen LogP contribution in [-0.4, -0.2) is 36.4 Å². The first-order valence-electron chi connectivity index (χ1n) is 7.75. The number of benzene rings is 1. The first-order chi connectivity index (χ1) is 11.0. The molecule has 0 aromatic heterocycles. The lowest BCUT2D eigenvalue weighted by Gasteiger charge is -2.13. The normalized spacial score (nSPS) is 14.7. The van der Waals surface area contributed by atoms with Gasteiger partial charge in [-0.3, -0.25) is 9.59 Å². The van der Waals surface area contributed by atoms with E-state index in [0.717, 1.165) is 12.8 Å². The van der Waals surface area contributed by atoms with Crippen LogP contribution < -0.4 is 10.1 Å². The summed E-state index contributed by atoms with van der Waals surface area (Å²) in [5.74, 6) is -0.392. The van der Waals surface area contributed by atoms with Crippen LogP contribution in [0.5, 0.6) is 5.75 Å². The molecule has 23 heavy (non-hydrogen) atoms. The Kier molecular flexibility index (Phi) is 5.73. The van der Waals surface area contributed by atoms with Gasteiger partial charge in [0.1, 0.15) is 5.75 Å². The Morgan fingerprint density at radius 2 is 1.87 bits per heavy atom. The van der Waals surface area contributed by atoms with E-state index in [1.807, 2.05) is 0 Å². The molecule has 1 aromatic carbocycles. The molecule has 1 amide bonds. The number of esters is 1. The van der Waals surface area contributed by atoms with Crippen molar-refractivity contribution >= 4 is 17.7 Å². The van der Waals surface area contributed by atoms with E-state index >= 15 is 0 Å². The summed E-state index contributed by atoms with van der Waals surface area (Å²) >= 11 is 0. The fourth-order valence-electron chi connectivity index (χ4n) is 1.91. The van der Waals surface area contributed by atoms with E-state index in [9.17, 15) is 14.4 Å². The summed E-state index contributed by atoms with van der Waals surface area (Å²) in [6, 6.07) is 6.78. The minimum Gasteiger partial charge on any atom is -0.482 e. The molecular formula is C17H21NO5. The predicted octanol–water partition coefficient (Wildman–Crippen LogP) is 1.87. The molecule has 6 nitrogen and oxygen atoms in total. The molecular weight excluding hydrogens is 298 g/mol. The summed E-state index contributed by atoms with van der Waals surface area (Å²) in [5, 5.41) is 2.77. The number of carbonyl (C=O) groups excluding carboxylic acids is 3. The molecule has 0 spiro atoms. The van der Waals surface area contributed by atoms with Crippen LogP contribution in [0.25, 0.3) is 0 Å². The Morgan fingerprint density at radius 1 is 1.22 bits per heavy atom. The van der Waals surface area contributed by atoms with Crippen molar-refractivity contribution in [1.29, 1.82) is 0 Å². The number of hydrogen-bond acceptors (Lipinski definition) is 5. The van der Waals surface area contributed by atoms with Crippen molar-refractivity contribution in [1.82, 2.24) is 5.32 Å². The molecule has 0 unspecified atom stereocenters. The maximum absolute atomic E-state index is 11.7. The summed E-state index contributed by atoms with van der Waals surface area (Å²) in [5.41, 5.74) is 0.604. The second-order valence-corrected chi connectivity index (χ2v) is 5.50. The van der Waals surface area contributed by atoms with Crippen LogP contribution in [0, 0.1) is 0 Å². The van der Waals surface area contributed by atoms with Gasteiger partial charge in [0, 0.05) is 18.0 Å². The minimum atomic E-state index is -0.837. The highest BCUT2D eigenvalue weighted by molar-refractivity contribution is 5.95. The van der Waals surface area contributed by atoms with E-state index in [1.165, 1.54) is 6.92 Å². The van der Waals surface area contributed by atoms with E-state index < -0.39 is 12.1 Å². The van der Waals surface area contributed by atoms with Crippen molar-refractivity contribution in [2.45, 2.75) is 45.3 Å². The topological polar surface area (TPSA) is 81.7 Å². The van der Waals surface area contributed by atoms with Gasteiger partial charge in [-0.05, 0) is 44.0 Å². The Morgan fingerprint density at radius 3 is 2.43 bits per heavy atom. The molecule has 1 atom stereocenters. The molecule has 0 aliphatic heterocycles. The summed E-state index contributed by atoms with van der Waals surface area (Å²) in [6.45, 7) is 3.03. The molecule has 0 saturated heterocycles. The predicted molar refractivity (Wildman–Crippen MR) is 83.3 cm³/mol. The van der Waals surface area contributed by atoms with Gasteiger partial charge in [-0.2, -0.15) is 0 Å². The number of amides is 1. The lowest BCUT2D eigenvalue weighted by Crippen LogP contribution is -2.37. The summed E-state index contributed by atoms with van der Waals surface area (Å²) in [6.07, 6.45) is 1.56. The van der Waals surface area contributed by atoms with Gasteiger partial charge in [0.15, 0.2) is 18.5 Å². The number of ether oxygens (including phenoxy) is 2. The maximum Gasteiger partial charge on any atom is 0.344 e. The van der Waals surface area contributed by atoms with E-state index in [0.29, 0.717) is 17.7 Å². The lowest BCUT2D eigenvalue weighted by molar-refractivity contribution is -0.156. The van der Waals surface area contributed by atoms with Crippen LogP contribution >= 0.6 is 0 Å². The Hall–Kier alpha value is -2.37. The van der Waals surface area contributed by atoms with Crippen molar-refractivity contribution in [3.8, 4) is 5.75 Å². The number of rotatable bonds is 8. The zero-order chi connectivity index (χ0) is 16.8. The zero-order valence-corrected chi connectivity index (χ0v) is 13.3. The van der Waals surface area contributed by atoms with Crippen LogP contribution in [-0.2, 0) is 14.3 Å². The van der Waals surface area contributed by atoms with Crippen LogP contribution in [0.3, 0.4) is 0 Å². The van der Waals surface area contributed by atoms with Crippen LogP contribution in [0.15, 0.2) is 24.3 Å². The minimum absolute atomic E-state index is 0.0476. The fraction of sp³-hybridized carbons (Fsp3) is 0.471. The van der Waals surface area contributed by atoms with E-state index in [1.54, 1.807) is 31.2 Å². The third-order valence-electron chi connectivity index (χ3n) is 3.46. The number of carbonyl (C=O) groups is 3. The third-order valence-corrected chi connectivity index (χ3v) is 3.46. The van der Waals surface area contributed by atoms with Gasteiger partial charge in [-0.25, -0.2) is 4.79 Å².